The SMILES string of the molecule is CC[C@H]1O[C@@H](n2ccc(N[Si](C)(C)C)nc2=O)C(OC(C)=O)[C@H]1OC(C)=O. The van der Waals surface area contributed by atoms with Crippen LogP contribution in [0.25, 0.3) is 0 Å². The molecule has 4 atom stereocenters. The second-order valence-electron chi connectivity index (χ2n) is 7.50. The van der Waals surface area contributed by atoms with Crippen LogP contribution < -0.4 is 10.7 Å². The Morgan fingerprint density at radius 1 is 1.22 bits per heavy atom. The molecule has 1 aromatic rings. The average molecular weight is 398 g/mol. The van der Waals surface area contributed by atoms with E-state index in [0.29, 0.717) is 12.2 Å². The first-order valence-corrected chi connectivity index (χ1v) is 12.4. The molecule has 1 aromatic heterocycles. The first-order valence-electron chi connectivity index (χ1n) is 8.89. The molecular weight excluding hydrogens is 370 g/mol. The lowest BCUT2D eigenvalue weighted by Crippen LogP contribution is -2.41. The minimum absolute atomic E-state index is 0.487. The number of esters is 2. The van der Waals surface area contributed by atoms with E-state index in [9.17, 15) is 14.4 Å². The van der Waals surface area contributed by atoms with Crippen molar-refractivity contribution >= 4 is 26.0 Å². The number of hydrogen-bond donors (Lipinski definition) is 1. The van der Waals surface area contributed by atoms with Gasteiger partial charge in [0, 0.05) is 20.0 Å². The van der Waals surface area contributed by atoms with Gasteiger partial charge < -0.3 is 19.2 Å². The Morgan fingerprint density at radius 3 is 2.30 bits per heavy atom. The summed E-state index contributed by atoms with van der Waals surface area (Å²) in [5.74, 6) is -0.582. The van der Waals surface area contributed by atoms with Gasteiger partial charge in [-0.05, 0) is 12.5 Å². The van der Waals surface area contributed by atoms with Crippen molar-refractivity contribution in [3.8, 4) is 0 Å². The molecule has 1 aliphatic heterocycles. The maximum atomic E-state index is 12.6. The molecule has 27 heavy (non-hydrogen) atoms. The van der Waals surface area contributed by atoms with E-state index < -0.39 is 50.4 Å². The largest absolute Gasteiger partial charge is 0.456 e. The number of ether oxygens (including phenoxy) is 3. The fourth-order valence-electron chi connectivity index (χ4n) is 2.97. The van der Waals surface area contributed by atoms with Gasteiger partial charge in [-0.1, -0.05) is 26.6 Å². The standard InChI is InChI=1S/C17H27N3O6Si/c1-7-12-14(24-10(2)21)15(25-11(3)22)16(26-12)20-9-8-13(18-17(20)23)19-27(4,5)6/h8-9,12,14-16H,7H2,1-6H3,(H,18,19,23)/t12-,14+,15?,16-/m1/s1. The van der Waals surface area contributed by atoms with Crippen LogP contribution in [0.2, 0.25) is 19.6 Å². The van der Waals surface area contributed by atoms with Gasteiger partial charge in [-0.15, -0.1) is 0 Å². The Morgan fingerprint density at radius 2 is 1.81 bits per heavy atom. The molecule has 2 heterocycles. The second-order valence-corrected chi connectivity index (χ2v) is 12.2. The molecule has 1 N–H and O–H groups in total. The summed E-state index contributed by atoms with van der Waals surface area (Å²) in [6.07, 6.45) is -1.11. The highest BCUT2D eigenvalue weighted by atomic mass is 28.3. The third-order valence-corrected chi connectivity index (χ3v) is 4.91. The normalized spacial score (nSPS) is 25.1. The Balaban J connectivity index is 2.37. The predicted octanol–water partition coefficient (Wildman–Crippen LogP) is 1.66. The maximum Gasteiger partial charge on any atom is 0.351 e. The third kappa shape index (κ3) is 5.39. The van der Waals surface area contributed by atoms with E-state index in [0.717, 1.165) is 0 Å². The number of carbonyl (C=O) groups excluding carboxylic acids is 2. The first kappa shape index (κ1) is 21.1. The number of nitrogens with zero attached hydrogens (tertiary/aromatic N) is 2. The van der Waals surface area contributed by atoms with Gasteiger partial charge in [0.05, 0.1) is 0 Å². The van der Waals surface area contributed by atoms with E-state index in [1.165, 1.54) is 18.4 Å². The monoisotopic (exact) mass is 397 g/mol. The van der Waals surface area contributed by atoms with Crippen LogP contribution in [0.4, 0.5) is 5.82 Å². The molecule has 1 saturated heterocycles. The quantitative estimate of drug-likeness (QED) is 0.570. The number of nitrogens with one attached hydrogen (secondary N) is 1. The van der Waals surface area contributed by atoms with Gasteiger partial charge in [0.1, 0.15) is 20.2 Å². The van der Waals surface area contributed by atoms with Gasteiger partial charge in [-0.3, -0.25) is 14.2 Å². The molecule has 1 unspecified atom stereocenters. The lowest BCUT2D eigenvalue weighted by Gasteiger charge is -2.24. The Bertz CT molecular complexity index is 760. The van der Waals surface area contributed by atoms with E-state index in [1.54, 1.807) is 12.3 Å². The summed E-state index contributed by atoms with van der Waals surface area (Å²) in [6.45, 7) is 10.7. The van der Waals surface area contributed by atoms with Gasteiger partial charge in [-0.2, -0.15) is 4.98 Å². The molecule has 0 saturated carbocycles. The van der Waals surface area contributed by atoms with Crippen molar-refractivity contribution in [3.63, 3.8) is 0 Å². The molecule has 0 amide bonds. The van der Waals surface area contributed by atoms with Crippen molar-refractivity contribution < 1.29 is 23.8 Å². The zero-order chi connectivity index (χ0) is 20.4. The third-order valence-electron chi connectivity index (χ3n) is 3.90. The molecule has 10 heteroatoms. The Kier molecular flexibility index (Phi) is 6.42. The van der Waals surface area contributed by atoms with Gasteiger partial charge >= 0.3 is 17.6 Å². The summed E-state index contributed by atoms with van der Waals surface area (Å²) < 4.78 is 17.8. The van der Waals surface area contributed by atoms with Crippen LogP contribution in [-0.2, 0) is 23.8 Å². The molecule has 0 spiro atoms. The van der Waals surface area contributed by atoms with Crippen molar-refractivity contribution in [1.29, 1.82) is 0 Å². The highest BCUT2D eigenvalue weighted by Gasteiger charge is 2.49. The fraction of sp³-hybridized carbons (Fsp3) is 0.647. The number of aromatic nitrogens is 2. The lowest BCUT2D eigenvalue weighted by atomic mass is 10.1. The van der Waals surface area contributed by atoms with Crippen molar-refractivity contribution in [2.75, 3.05) is 4.98 Å². The second kappa shape index (κ2) is 8.22. The number of anilines is 1. The van der Waals surface area contributed by atoms with E-state index in [4.69, 9.17) is 14.2 Å². The minimum Gasteiger partial charge on any atom is -0.456 e. The minimum atomic E-state index is -1.67. The number of carbonyl (C=O) groups is 2. The zero-order valence-corrected chi connectivity index (χ0v) is 17.5. The fourth-order valence-corrected chi connectivity index (χ4v) is 3.88. The van der Waals surface area contributed by atoms with Crippen LogP contribution in [0.15, 0.2) is 17.1 Å². The highest BCUT2D eigenvalue weighted by molar-refractivity contribution is 6.79. The van der Waals surface area contributed by atoms with Crippen molar-refractivity contribution in [3.05, 3.63) is 22.7 Å². The highest BCUT2D eigenvalue weighted by Crippen LogP contribution is 2.34. The predicted molar refractivity (Wildman–Crippen MR) is 101 cm³/mol. The molecule has 0 radical (unpaired) electrons. The van der Waals surface area contributed by atoms with E-state index in [2.05, 4.69) is 29.6 Å². The molecular formula is C17H27N3O6Si. The Hall–Kier alpha value is -2.20. The van der Waals surface area contributed by atoms with Crippen LogP contribution in [0.1, 0.15) is 33.4 Å². The van der Waals surface area contributed by atoms with Gasteiger partial charge in [0.15, 0.2) is 18.4 Å². The first-order chi connectivity index (χ1) is 12.5. The summed E-state index contributed by atoms with van der Waals surface area (Å²) in [5, 5.41) is 0. The van der Waals surface area contributed by atoms with Crippen LogP contribution in [0.5, 0.6) is 0 Å². The number of rotatable bonds is 6. The molecule has 1 aliphatic rings. The summed E-state index contributed by atoms with van der Waals surface area (Å²) in [6, 6.07) is 1.67. The summed E-state index contributed by atoms with van der Waals surface area (Å²) in [4.78, 5) is 42.9. The molecule has 9 nitrogen and oxygen atoms in total. The van der Waals surface area contributed by atoms with E-state index in [1.807, 2.05) is 6.92 Å². The van der Waals surface area contributed by atoms with Gasteiger partial charge in [0.25, 0.3) is 0 Å². The van der Waals surface area contributed by atoms with E-state index >= 15 is 0 Å². The van der Waals surface area contributed by atoms with Crippen LogP contribution >= 0.6 is 0 Å². The Labute approximate surface area is 159 Å². The van der Waals surface area contributed by atoms with Crippen molar-refractivity contribution in [1.82, 2.24) is 9.55 Å². The zero-order valence-electron chi connectivity index (χ0n) is 16.5. The smallest absolute Gasteiger partial charge is 0.351 e. The molecule has 0 aromatic carbocycles. The summed E-state index contributed by atoms with van der Waals surface area (Å²) in [7, 11) is -1.67. The molecule has 150 valence electrons. The molecule has 2 rings (SSSR count). The van der Waals surface area contributed by atoms with Crippen LogP contribution in [0, 0.1) is 0 Å². The molecule has 0 bridgehead atoms. The van der Waals surface area contributed by atoms with Crippen LogP contribution in [-0.4, -0.2) is 48.0 Å². The van der Waals surface area contributed by atoms with Gasteiger partial charge in [0.2, 0.25) is 0 Å². The topological polar surface area (TPSA) is 109 Å². The molecule has 0 aliphatic carbocycles. The van der Waals surface area contributed by atoms with Crippen molar-refractivity contribution in [2.45, 2.75) is 71.4 Å². The average Bonchev–Trinajstić information content (AvgIpc) is 2.82. The van der Waals surface area contributed by atoms with Gasteiger partial charge in [-0.25, -0.2) is 4.79 Å². The molecule has 1 fully saturated rings. The van der Waals surface area contributed by atoms with Crippen molar-refractivity contribution in [2.24, 2.45) is 0 Å². The number of hydrogen-bond acceptors (Lipinski definition) is 8. The lowest BCUT2D eigenvalue weighted by molar-refractivity contribution is -0.165. The summed E-state index contributed by atoms with van der Waals surface area (Å²) in [5.41, 5.74) is -0.543. The van der Waals surface area contributed by atoms with Crippen LogP contribution in [0.3, 0.4) is 0 Å². The maximum absolute atomic E-state index is 12.6. The van der Waals surface area contributed by atoms with E-state index in [-0.39, 0.29) is 0 Å². The summed E-state index contributed by atoms with van der Waals surface area (Å²) >= 11 is 0.